The van der Waals surface area contributed by atoms with Gasteiger partial charge in [-0.2, -0.15) is 0 Å². The molecule has 0 unspecified atom stereocenters. The lowest BCUT2D eigenvalue weighted by Gasteiger charge is -2.13. The number of anilines is 1. The summed E-state index contributed by atoms with van der Waals surface area (Å²) in [5.41, 5.74) is 3.14. The maximum absolute atomic E-state index is 6.13. The second-order valence-corrected chi connectivity index (χ2v) is 8.06. The van der Waals surface area contributed by atoms with Crippen LogP contribution in [0.3, 0.4) is 0 Å². The topological polar surface area (TPSA) is 30.5 Å². The van der Waals surface area contributed by atoms with E-state index in [1.54, 1.807) is 7.11 Å². The molecule has 0 atom stereocenters. The number of benzene rings is 3. The van der Waals surface area contributed by atoms with Gasteiger partial charge in [-0.1, -0.05) is 45.7 Å². The molecule has 0 saturated heterocycles. The molecule has 3 aromatic rings. The summed E-state index contributed by atoms with van der Waals surface area (Å²) in [6.45, 7) is 1.14. The fourth-order valence-electron chi connectivity index (χ4n) is 2.49. The summed E-state index contributed by atoms with van der Waals surface area (Å²) in [7, 11) is 1.65. The van der Waals surface area contributed by atoms with Crippen molar-refractivity contribution in [2.24, 2.45) is 0 Å². The third-order valence-electron chi connectivity index (χ3n) is 3.95. The normalized spacial score (nSPS) is 10.5. The summed E-state index contributed by atoms with van der Waals surface area (Å²) < 4.78 is 13.3. The summed E-state index contributed by atoms with van der Waals surface area (Å²) in [5, 5.41) is 4.03. The van der Waals surface area contributed by atoms with Crippen LogP contribution in [0.1, 0.15) is 11.1 Å². The Morgan fingerprint density at radius 3 is 2.33 bits per heavy atom. The van der Waals surface area contributed by atoms with Crippen molar-refractivity contribution in [3.63, 3.8) is 0 Å². The van der Waals surface area contributed by atoms with E-state index >= 15 is 0 Å². The van der Waals surface area contributed by atoms with Crippen LogP contribution in [0, 0.1) is 0 Å². The predicted molar refractivity (Wildman–Crippen MR) is 118 cm³/mol. The Hall–Kier alpha value is -1.69. The van der Waals surface area contributed by atoms with E-state index in [-0.39, 0.29) is 0 Å². The molecular weight excluding hydrogens is 493 g/mol. The van der Waals surface area contributed by atoms with Crippen molar-refractivity contribution in [3.8, 4) is 11.5 Å². The van der Waals surface area contributed by atoms with E-state index in [1.807, 2.05) is 60.7 Å². The molecule has 140 valence electrons. The first-order valence-corrected chi connectivity index (χ1v) is 10.2. The number of methoxy groups -OCH3 is 1. The van der Waals surface area contributed by atoms with Crippen LogP contribution in [-0.2, 0) is 13.2 Å². The molecule has 0 spiro atoms. The molecule has 6 heteroatoms. The van der Waals surface area contributed by atoms with Gasteiger partial charge < -0.3 is 14.8 Å². The van der Waals surface area contributed by atoms with Gasteiger partial charge in [0, 0.05) is 21.2 Å². The molecule has 3 nitrogen and oxygen atoms in total. The minimum Gasteiger partial charge on any atom is -0.493 e. The van der Waals surface area contributed by atoms with Crippen molar-refractivity contribution >= 4 is 49.1 Å². The van der Waals surface area contributed by atoms with Crippen molar-refractivity contribution in [3.05, 3.63) is 85.8 Å². The average Bonchev–Trinajstić information content (AvgIpc) is 2.68. The van der Waals surface area contributed by atoms with Gasteiger partial charge in [0.2, 0.25) is 0 Å². The first-order valence-electron chi connectivity index (χ1n) is 8.28. The Kier molecular flexibility index (Phi) is 7.05. The average molecular weight is 512 g/mol. The van der Waals surface area contributed by atoms with Crippen LogP contribution in [0.2, 0.25) is 5.02 Å². The van der Waals surface area contributed by atoms with Crippen molar-refractivity contribution in [1.29, 1.82) is 0 Å². The Bertz CT molecular complexity index is 917. The third-order valence-corrected chi connectivity index (χ3v) is 5.71. The fourth-order valence-corrected chi connectivity index (χ4v) is 3.18. The zero-order chi connectivity index (χ0) is 19.2. The molecule has 0 aliphatic rings. The Balaban J connectivity index is 1.64. The van der Waals surface area contributed by atoms with Crippen molar-refractivity contribution < 1.29 is 9.47 Å². The Morgan fingerprint density at radius 2 is 1.63 bits per heavy atom. The van der Waals surface area contributed by atoms with Gasteiger partial charge in [0.05, 0.1) is 12.1 Å². The second-order valence-electron chi connectivity index (χ2n) is 5.88. The molecule has 0 aliphatic carbocycles. The quantitative estimate of drug-likeness (QED) is 0.368. The van der Waals surface area contributed by atoms with Gasteiger partial charge in [-0.25, -0.2) is 0 Å². The maximum atomic E-state index is 6.13. The van der Waals surface area contributed by atoms with Crippen LogP contribution in [0.15, 0.2) is 69.6 Å². The lowest BCUT2D eigenvalue weighted by atomic mass is 10.2. The number of nitrogens with one attached hydrogen (secondary N) is 1. The number of halogens is 3. The molecule has 27 heavy (non-hydrogen) atoms. The lowest BCUT2D eigenvalue weighted by Crippen LogP contribution is -2.02. The minimum absolute atomic E-state index is 0.485. The molecule has 0 radical (unpaired) electrons. The highest BCUT2D eigenvalue weighted by atomic mass is 79.9. The van der Waals surface area contributed by atoms with Crippen molar-refractivity contribution in [2.45, 2.75) is 13.2 Å². The number of hydrogen-bond donors (Lipinski definition) is 1. The van der Waals surface area contributed by atoms with E-state index in [2.05, 4.69) is 37.2 Å². The molecule has 3 aromatic carbocycles. The number of ether oxygens (including phenoxy) is 2. The maximum Gasteiger partial charge on any atom is 0.161 e. The van der Waals surface area contributed by atoms with Crippen LogP contribution < -0.4 is 14.8 Å². The molecule has 3 rings (SSSR count). The minimum atomic E-state index is 0.485. The highest BCUT2D eigenvalue weighted by Gasteiger charge is 2.07. The summed E-state index contributed by atoms with van der Waals surface area (Å²) in [6, 6.07) is 19.8. The lowest BCUT2D eigenvalue weighted by molar-refractivity contribution is 0.284. The fraction of sp³-hybridized carbons (Fsp3) is 0.143. The highest BCUT2D eigenvalue weighted by molar-refractivity contribution is 9.10. The first kappa shape index (κ1) is 20.1. The van der Waals surface area contributed by atoms with E-state index in [1.165, 1.54) is 0 Å². The van der Waals surface area contributed by atoms with E-state index in [0.717, 1.165) is 31.5 Å². The van der Waals surface area contributed by atoms with Gasteiger partial charge >= 0.3 is 0 Å². The monoisotopic (exact) mass is 509 g/mol. The van der Waals surface area contributed by atoms with Crippen LogP contribution in [0.5, 0.6) is 11.5 Å². The second kappa shape index (κ2) is 9.49. The molecule has 0 saturated carbocycles. The Morgan fingerprint density at radius 1 is 0.889 bits per heavy atom. The van der Waals surface area contributed by atoms with Crippen LogP contribution in [0.25, 0.3) is 0 Å². The van der Waals surface area contributed by atoms with Crippen LogP contribution in [0.4, 0.5) is 5.69 Å². The van der Waals surface area contributed by atoms with Gasteiger partial charge in [0.1, 0.15) is 6.61 Å². The molecule has 0 aromatic heterocycles. The Labute approximate surface area is 180 Å². The number of hydrogen-bond acceptors (Lipinski definition) is 3. The molecule has 0 bridgehead atoms. The standard InChI is InChI=1S/C21H18Br2ClNO2/c1-26-21-10-15(12-25-17-7-8-18(23)19(24)11-17)4-9-20(21)27-13-14-2-5-16(22)6-3-14/h2-11,25H,12-13H2,1H3. The van der Waals surface area contributed by atoms with Crippen LogP contribution in [-0.4, -0.2) is 7.11 Å². The van der Waals surface area contributed by atoms with Gasteiger partial charge in [0.25, 0.3) is 0 Å². The molecular formula is C21H18Br2ClNO2. The third kappa shape index (κ3) is 5.64. The van der Waals surface area contributed by atoms with Crippen molar-refractivity contribution in [2.75, 3.05) is 12.4 Å². The smallest absolute Gasteiger partial charge is 0.161 e. The molecule has 0 fully saturated rings. The zero-order valence-corrected chi connectivity index (χ0v) is 18.6. The largest absolute Gasteiger partial charge is 0.493 e. The van der Waals surface area contributed by atoms with E-state index < -0.39 is 0 Å². The van der Waals surface area contributed by atoms with Gasteiger partial charge in [-0.15, -0.1) is 0 Å². The zero-order valence-electron chi connectivity index (χ0n) is 14.6. The highest BCUT2D eigenvalue weighted by Crippen LogP contribution is 2.30. The molecule has 1 N–H and O–H groups in total. The van der Waals surface area contributed by atoms with Gasteiger partial charge in [-0.3, -0.25) is 0 Å². The van der Waals surface area contributed by atoms with Crippen LogP contribution >= 0.6 is 43.5 Å². The van der Waals surface area contributed by atoms with E-state index in [4.69, 9.17) is 21.1 Å². The summed E-state index contributed by atoms with van der Waals surface area (Å²) in [5.74, 6) is 1.43. The predicted octanol–water partition coefficient (Wildman–Crippen LogP) is 7.06. The molecule has 0 aliphatic heterocycles. The summed E-state index contributed by atoms with van der Waals surface area (Å²) >= 11 is 13.0. The molecule has 0 heterocycles. The summed E-state index contributed by atoms with van der Waals surface area (Å²) in [6.07, 6.45) is 0. The first-order chi connectivity index (χ1) is 13.0. The summed E-state index contributed by atoms with van der Waals surface area (Å²) in [4.78, 5) is 0. The van der Waals surface area contributed by atoms with Gasteiger partial charge in [0.15, 0.2) is 11.5 Å². The van der Waals surface area contributed by atoms with E-state index in [0.29, 0.717) is 23.9 Å². The number of rotatable bonds is 7. The van der Waals surface area contributed by atoms with E-state index in [9.17, 15) is 0 Å². The van der Waals surface area contributed by atoms with Crippen molar-refractivity contribution in [1.82, 2.24) is 0 Å². The molecule has 0 amide bonds. The SMILES string of the molecule is COc1cc(CNc2ccc(Br)c(Cl)c2)ccc1OCc1ccc(Br)cc1. The van der Waals surface area contributed by atoms with Gasteiger partial charge in [-0.05, 0) is 69.5 Å².